The summed E-state index contributed by atoms with van der Waals surface area (Å²) >= 11 is 0. The van der Waals surface area contributed by atoms with Crippen LogP contribution in [0.4, 0.5) is 0 Å². The molecule has 23 heavy (non-hydrogen) atoms. The van der Waals surface area contributed by atoms with Crippen molar-refractivity contribution < 1.29 is 4.52 Å². The highest BCUT2D eigenvalue weighted by atomic mass is 16.5. The Labute approximate surface area is 136 Å². The molecule has 0 unspecified atom stereocenters. The minimum Gasteiger partial charge on any atom is -0.357 e. The van der Waals surface area contributed by atoms with Crippen LogP contribution in [-0.4, -0.2) is 39.0 Å². The molecular formula is C15H25N7O. The molecule has 0 atom stereocenters. The van der Waals surface area contributed by atoms with Gasteiger partial charge in [-0.3, -0.25) is 4.68 Å². The van der Waals surface area contributed by atoms with Gasteiger partial charge in [0.15, 0.2) is 11.8 Å². The Hall–Kier alpha value is -2.38. The van der Waals surface area contributed by atoms with Crippen LogP contribution < -0.4 is 10.6 Å². The third kappa shape index (κ3) is 5.08. The Morgan fingerprint density at radius 1 is 1.39 bits per heavy atom. The Balaban J connectivity index is 1.85. The van der Waals surface area contributed by atoms with E-state index in [1.165, 1.54) is 0 Å². The first-order valence-electron chi connectivity index (χ1n) is 7.91. The van der Waals surface area contributed by atoms with E-state index >= 15 is 0 Å². The molecule has 2 rings (SSSR count). The highest BCUT2D eigenvalue weighted by Gasteiger charge is 2.09. The molecule has 8 nitrogen and oxygen atoms in total. The minimum absolute atomic E-state index is 0.276. The number of aromatic nitrogens is 4. The fourth-order valence-corrected chi connectivity index (χ4v) is 1.95. The van der Waals surface area contributed by atoms with Gasteiger partial charge in [0, 0.05) is 38.7 Å². The van der Waals surface area contributed by atoms with E-state index in [4.69, 9.17) is 4.52 Å². The summed E-state index contributed by atoms with van der Waals surface area (Å²) in [7, 11) is 1.91. The second-order valence-corrected chi connectivity index (χ2v) is 5.52. The van der Waals surface area contributed by atoms with Crippen LogP contribution in [0.1, 0.15) is 44.1 Å². The lowest BCUT2D eigenvalue weighted by atomic mass is 10.2. The number of aliphatic imine (C=N–C) groups is 1. The molecular weight excluding hydrogens is 294 g/mol. The van der Waals surface area contributed by atoms with Crippen molar-refractivity contribution in [2.45, 2.75) is 39.7 Å². The van der Waals surface area contributed by atoms with Gasteiger partial charge >= 0.3 is 0 Å². The third-order valence-electron chi connectivity index (χ3n) is 3.30. The lowest BCUT2D eigenvalue weighted by Crippen LogP contribution is -2.38. The lowest BCUT2D eigenvalue weighted by Gasteiger charge is -2.10. The van der Waals surface area contributed by atoms with Gasteiger partial charge in [-0.05, 0) is 13.0 Å². The van der Waals surface area contributed by atoms with E-state index < -0.39 is 0 Å². The van der Waals surface area contributed by atoms with Crippen molar-refractivity contribution in [1.29, 1.82) is 0 Å². The summed E-state index contributed by atoms with van der Waals surface area (Å²) in [5.41, 5.74) is 1.06. The number of guanidine groups is 1. The summed E-state index contributed by atoms with van der Waals surface area (Å²) in [6.07, 6.45) is 2.43. The predicted octanol–water partition coefficient (Wildman–Crippen LogP) is 1.22. The minimum atomic E-state index is 0.276. The summed E-state index contributed by atoms with van der Waals surface area (Å²) in [6.45, 7) is 8.17. The molecule has 0 amide bonds. The second-order valence-electron chi connectivity index (χ2n) is 5.52. The zero-order chi connectivity index (χ0) is 16.7. The summed E-state index contributed by atoms with van der Waals surface area (Å²) in [5.74, 6) is 2.43. The zero-order valence-electron chi connectivity index (χ0n) is 14.2. The van der Waals surface area contributed by atoms with Gasteiger partial charge < -0.3 is 15.2 Å². The van der Waals surface area contributed by atoms with E-state index in [1.807, 2.05) is 38.6 Å². The monoisotopic (exact) mass is 319 g/mol. The van der Waals surface area contributed by atoms with Gasteiger partial charge in [0.25, 0.3) is 0 Å². The molecule has 2 aromatic heterocycles. The largest absolute Gasteiger partial charge is 0.357 e. The van der Waals surface area contributed by atoms with Gasteiger partial charge in [-0.1, -0.05) is 19.0 Å². The summed E-state index contributed by atoms with van der Waals surface area (Å²) in [6, 6.07) is 1.96. The number of nitrogens with zero attached hydrogens (tertiary/aromatic N) is 5. The van der Waals surface area contributed by atoms with Gasteiger partial charge in [-0.15, -0.1) is 0 Å². The van der Waals surface area contributed by atoms with Crippen LogP contribution in [0.15, 0.2) is 21.8 Å². The van der Waals surface area contributed by atoms with E-state index in [1.54, 1.807) is 6.20 Å². The van der Waals surface area contributed by atoms with E-state index in [0.29, 0.717) is 25.4 Å². The van der Waals surface area contributed by atoms with Gasteiger partial charge in [0.1, 0.15) is 0 Å². The fourth-order valence-electron chi connectivity index (χ4n) is 1.95. The second kappa shape index (κ2) is 8.30. The van der Waals surface area contributed by atoms with E-state index in [2.05, 4.69) is 30.9 Å². The first kappa shape index (κ1) is 17.0. The number of hydrogen-bond acceptors (Lipinski definition) is 5. The van der Waals surface area contributed by atoms with Crippen molar-refractivity contribution in [3.63, 3.8) is 0 Å². The SMILES string of the molecule is CCNC(=NCc1ccnn1C)NCCc1nc(C(C)C)no1. The molecule has 2 heterocycles. The Morgan fingerprint density at radius 3 is 2.83 bits per heavy atom. The summed E-state index contributed by atoms with van der Waals surface area (Å²) in [5, 5.41) is 14.6. The van der Waals surface area contributed by atoms with Crippen molar-refractivity contribution in [2.24, 2.45) is 12.0 Å². The smallest absolute Gasteiger partial charge is 0.228 e. The van der Waals surface area contributed by atoms with Gasteiger partial charge in [-0.2, -0.15) is 10.1 Å². The Kier molecular flexibility index (Phi) is 6.13. The Morgan fingerprint density at radius 2 is 2.22 bits per heavy atom. The average Bonchev–Trinajstić information content (AvgIpc) is 3.14. The standard InChI is InChI=1S/C15H25N7O/c1-5-16-15(18-10-12-6-9-19-22(12)4)17-8-7-13-20-14(11(2)3)21-23-13/h6,9,11H,5,7-8,10H2,1-4H3,(H2,16,17,18). The van der Waals surface area contributed by atoms with Crippen molar-refractivity contribution >= 4 is 5.96 Å². The maximum absolute atomic E-state index is 5.23. The fraction of sp³-hybridized carbons (Fsp3) is 0.600. The van der Waals surface area contributed by atoms with Gasteiger partial charge in [-0.25, -0.2) is 4.99 Å². The quantitative estimate of drug-likeness (QED) is 0.589. The topological polar surface area (TPSA) is 93.2 Å². The van der Waals surface area contributed by atoms with Crippen molar-refractivity contribution in [1.82, 2.24) is 30.6 Å². The number of nitrogens with one attached hydrogen (secondary N) is 2. The molecule has 2 aromatic rings. The Bertz CT molecular complexity index is 629. The number of aryl methyl sites for hydroxylation is 1. The molecule has 0 radical (unpaired) electrons. The van der Waals surface area contributed by atoms with Crippen LogP contribution in [0.5, 0.6) is 0 Å². The number of rotatable bonds is 7. The molecule has 0 aliphatic heterocycles. The van der Waals surface area contributed by atoms with Gasteiger partial charge in [0.05, 0.1) is 12.2 Å². The van der Waals surface area contributed by atoms with E-state index in [0.717, 1.165) is 24.0 Å². The van der Waals surface area contributed by atoms with Crippen LogP contribution in [0.3, 0.4) is 0 Å². The highest BCUT2D eigenvalue weighted by Crippen LogP contribution is 2.09. The molecule has 2 N–H and O–H groups in total. The lowest BCUT2D eigenvalue weighted by molar-refractivity contribution is 0.371. The molecule has 0 aromatic carbocycles. The van der Waals surface area contributed by atoms with E-state index in [-0.39, 0.29) is 5.92 Å². The van der Waals surface area contributed by atoms with Crippen LogP contribution in [0, 0.1) is 0 Å². The molecule has 0 aliphatic carbocycles. The average molecular weight is 319 g/mol. The number of hydrogen-bond donors (Lipinski definition) is 2. The molecule has 8 heteroatoms. The highest BCUT2D eigenvalue weighted by molar-refractivity contribution is 5.79. The molecule has 0 fully saturated rings. The zero-order valence-corrected chi connectivity index (χ0v) is 14.2. The third-order valence-corrected chi connectivity index (χ3v) is 3.30. The van der Waals surface area contributed by atoms with Crippen molar-refractivity contribution in [3.05, 3.63) is 29.7 Å². The van der Waals surface area contributed by atoms with Crippen LogP contribution >= 0.6 is 0 Å². The van der Waals surface area contributed by atoms with E-state index in [9.17, 15) is 0 Å². The van der Waals surface area contributed by atoms with Crippen molar-refractivity contribution in [3.8, 4) is 0 Å². The molecule has 0 aliphatic rings. The first-order valence-corrected chi connectivity index (χ1v) is 7.91. The molecule has 0 saturated heterocycles. The van der Waals surface area contributed by atoms with Crippen LogP contribution in [0.25, 0.3) is 0 Å². The maximum atomic E-state index is 5.23. The molecule has 126 valence electrons. The molecule has 0 bridgehead atoms. The van der Waals surface area contributed by atoms with Gasteiger partial charge in [0.2, 0.25) is 5.89 Å². The normalized spacial score (nSPS) is 12.0. The van der Waals surface area contributed by atoms with Crippen LogP contribution in [-0.2, 0) is 20.0 Å². The van der Waals surface area contributed by atoms with Crippen molar-refractivity contribution in [2.75, 3.05) is 13.1 Å². The maximum Gasteiger partial charge on any atom is 0.228 e. The first-order chi connectivity index (χ1) is 11.1. The summed E-state index contributed by atoms with van der Waals surface area (Å²) < 4.78 is 7.05. The van der Waals surface area contributed by atoms with Crippen LogP contribution in [0.2, 0.25) is 0 Å². The molecule has 0 spiro atoms. The predicted molar refractivity (Wildman–Crippen MR) is 88.1 cm³/mol. The summed E-state index contributed by atoms with van der Waals surface area (Å²) in [4.78, 5) is 8.91. The molecule has 0 saturated carbocycles.